The normalized spacial score (nSPS) is 19.6. The molecule has 2 aliphatic heterocycles. The molecule has 2 unspecified atom stereocenters. The van der Waals surface area contributed by atoms with Crippen molar-refractivity contribution in [3.8, 4) is 5.75 Å². The van der Waals surface area contributed by atoms with E-state index in [9.17, 15) is 29.4 Å². The van der Waals surface area contributed by atoms with Gasteiger partial charge in [-0.25, -0.2) is 4.79 Å². The number of aromatic hydroxyl groups is 1. The zero-order chi connectivity index (χ0) is 26.7. The second kappa shape index (κ2) is 11.2. The number of H-pyrrole nitrogens is 1. The molecule has 1 aromatic heterocycles. The first-order valence-electron chi connectivity index (χ1n) is 11.3. The number of phenols is 1. The average molecular weight is 548 g/mol. The van der Waals surface area contributed by atoms with Gasteiger partial charge in [0, 0.05) is 18.1 Å². The molecule has 0 bridgehead atoms. The van der Waals surface area contributed by atoms with Gasteiger partial charge in [0.2, 0.25) is 5.91 Å². The lowest BCUT2D eigenvalue weighted by atomic mass is 10.0. The summed E-state index contributed by atoms with van der Waals surface area (Å²) in [5.74, 6) is -2.29. The van der Waals surface area contributed by atoms with Crippen molar-refractivity contribution in [1.82, 2.24) is 30.9 Å². The van der Waals surface area contributed by atoms with Crippen LogP contribution in [0, 0.1) is 0 Å². The van der Waals surface area contributed by atoms with Crippen LogP contribution in [-0.2, 0) is 14.4 Å². The molecule has 2 aliphatic rings. The highest BCUT2D eigenvalue weighted by atomic mass is 32.2. The number of amides is 3. The number of carboxylic acids is 1. The standard InChI is InChI=1S/C22H25N7O6S2/c1-2-7-24-18(32)14-19(27-28-26-14)36-8-11-9-37-21-15(20(33)29(21)16(11)22(34)35)25-17(31)13(23)10-3-5-12(30)6-4-10/h3-6,13,15,21,30H,2,7-9,23H2,1H3,(H,24,32)(H,25,31)(H,34,35)(H,26,27,28)/t13?,15?,21-/m0/s1. The summed E-state index contributed by atoms with van der Waals surface area (Å²) in [7, 11) is 0. The Morgan fingerprint density at radius 2 is 2.03 bits per heavy atom. The molecule has 13 nitrogen and oxygen atoms in total. The molecule has 4 rings (SSSR count). The molecular weight excluding hydrogens is 522 g/mol. The van der Waals surface area contributed by atoms with E-state index < -0.39 is 35.2 Å². The van der Waals surface area contributed by atoms with Crippen LogP contribution in [0.25, 0.3) is 0 Å². The topological polar surface area (TPSA) is 204 Å². The number of β-lactam (4-membered cyclic amide) rings is 1. The lowest BCUT2D eigenvalue weighted by Crippen LogP contribution is -2.71. The smallest absolute Gasteiger partial charge is 0.352 e. The van der Waals surface area contributed by atoms with E-state index in [1.165, 1.54) is 40.9 Å². The van der Waals surface area contributed by atoms with Gasteiger partial charge in [0.15, 0.2) is 10.7 Å². The highest BCUT2D eigenvalue weighted by Gasteiger charge is 2.54. The highest BCUT2D eigenvalue weighted by Crippen LogP contribution is 2.41. The van der Waals surface area contributed by atoms with Gasteiger partial charge < -0.3 is 26.6 Å². The van der Waals surface area contributed by atoms with Crippen LogP contribution in [0.3, 0.4) is 0 Å². The monoisotopic (exact) mass is 547 g/mol. The number of phenolic OH excluding ortho intramolecular Hbond substituents is 1. The quantitative estimate of drug-likeness (QED) is 0.175. The van der Waals surface area contributed by atoms with Crippen LogP contribution >= 0.6 is 23.5 Å². The summed E-state index contributed by atoms with van der Waals surface area (Å²) in [6.07, 6.45) is 0.757. The van der Waals surface area contributed by atoms with Crippen molar-refractivity contribution < 1.29 is 29.4 Å². The number of hydrogen-bond donors (Lipinski definition) is 6. The molecule has 196 valence electrons. The minimum absolute atomic E-state index is 0.0289. The summed E-state index contributed by atoms with van der Waals surface area (Å²) in [4.78, 5) is 51.1. The van der Waals surface area contributed by atoms with Gasteiger partial charge in [0.1, 0.15) is 28.9 Å². The minimum Gasteiger partial charge on any atom is -0.508 e. The van der Waals surface area contributed by atoms with E-state index >= 15 is 0 Å². The fourth-order valence-electron chi connectivity index (χ4n) is 3.82. The van der Waals surface area contributed by atoms with E-state index in [-0.39, 0.29) is 28.8 Å². The third kappa shape index (κ3) is 5.42. The Morgan fingerprint density at radius 1 is 1.30 bits per heavy atom. The fourth-order valence-corrected chi connectivity index (χ4v) is 6.22. The Kier molecular flexibility index (Phi) is 8.04. The van der Waals surface area contributed by atoms with Gasteiger partial charge in [-0.3, -0.25) is 19.3 Å². The maximum absolute atomic E-state index is 12.9. The van der Waals surface area contributed by atoms with Crippen molar-refractivity contribution in [2.24, 2.45) is 5.73 Å². The number of aromatic amines is 1. The third-order valence-electron chi connectivity index (χ3n) is 5.73. The largest absolute Gasteiger partial charge is 0.508 e. The number of thioether (sulfide) groups is 2. The number of nitrogens with two attached hydrogens (primary N) is 1. The van der Waals surface area contributed by atoms with Crippen molar-refractivity contribution in [2.75, 3.05) is 18.1 Å². The van der Waals surface area contributed by atoms with Gasteiger partial charge in [0.25, 0.3) is 11.8 Å². The minimum atomic E-state index is -1.26. The van der Waals surface area contributed by atoms with Crippen molar-refractivity contribution in [1.29, 1.82) is 0 Å². The molecule has 7 N–H and O–H groups in total. The fraction of sp³-hybridized carbons (Fsp3) is 0.364. The number of nitrogens with one attached hydrogen (secondary N) is 3. The summed E-state index contributed by atoms with van der Waals surface area (Å²) < 4.78 is 0. The molecule has 0 saturated carbocycles. The molecule has 0 radical (unpaired) electrons. The van der Waals surface area contributed by atoms with E-state index in [1.54, 1.807) is 0 Å². The molecule has 3 amide bonds. The van der Waals surface area contributed by atoms with Gasteiger partial charge in [-0.2, -0.15) is 5.21 Å². The van der Waals surface area contributed by atoms with E-state index in [1.807, 2.05) is 6.92 Å². The van der Waals surface area contributed by atoms with Gasteiger partial charge in [-0.05, 0) is 29.7 Å². The van der Waals surface area contributed by atoms with E-state index in [0.717, 1.165) is 18.2 Å². The Balaban J connectivity index is 1.43. The first-order chi connectivity index (χ1) is 17.7. The molecule has 3 heterocycles. The number of aromatic nitrogens is 3. The van der Waals surface area contributed by atoms with Crippen molar-refractivity contribution in [2.45, 2.75) is 35.8 Å². The van der Waals surface area contributed by atoms with E-state index in [4.69, 9.17) is 5.73 Å². The molecule has 0 aliphatic carbocycles. The number of carbonyl (C=O) groups excluding carboxylic acids is 3. The number of aliphatic carboxylic acids is 1. The molecule has 37 heavy (non-hydrogen) atoms. The van der Waals surface area contributed by atoms with Crippen molar-refractivity contribution in [3.05, 3.63) is 46.8 Å². The lowest BCUT2D eigenvalue weighted by Gasteiger charge is -2.49. The van der Waals surface area contributed by atoms with Gasteiger partial charge in [-0.15, -0.1) is 22.0 Å². The zero-order valence-electron chi connectivity index (χ0n) is 19.6. The Bertz CT molecular complexity index is 1250. The van der Waals surface area contributed by atoms with Crippen molar-refractivity contribution in [3.63, 3.8) is 0 Å². The highest BCUT2D eigenvalue weighted by molar-refractivity contribution is 8.01. The number of fused-ring (bicyclic) bond motifs is 1. The maximum Gasteiger partial charge on any atom is 0.352 e. The van der Waals surface area contributed by atoms with Gasteiger partial charge >= 0.3 is 5.97 Å². The molecule has 15 heteroatoms. The second-order valence-corrected chi connectivity index (χ2v) is 10.3. The molecule has 1 fully saturated rings. The number of rotatable bonds is 10. The number of hydrogen-bond acceptors (Lipinski definition) is 10. The molecular formula is C22H25N7O6S2. The molecule has 0 spiro atoms. The van der Waals surface area contributed by atoms with Gasteiger partial charge in [-0.1, -0.05) is 30.8 Å². The number of benzene rings is 1. The van der Waals surface area contributed by atoms with Crippen LogP contribution in [0.5, 0.6) is 5.75 Å². The summed E-state index contributed by atoms with van der Waals surface area (Å²) in [5.41, 5.74) is 6.91. The van der Waals surface area contributed by atoms with E-state index in [0.29, 0.717) is 28.5 Å². The van der Waals surface area contributed by atoms with Crippen LogP contribution in [0.4, 0.5) is 0 Å². The SMILES string of the molecule is CCCNC(=O)c1n[nH]nc1SCC1=C(C(=O)O)N2C(=O)C(NC(=O)C(N)c3ccc(O)cc3)[C@@H]2SC1. The summed E-state index contributed by atoms with van der Waals surface area (Å²) in [6.45, 7) is 2.40. The second-order valence-electron chi connectivity index (χ2n) is 8.24. The van der Waals surface area contributed by atoms with E-state index in [2.05, 4.69) is 26.0 Å². The van der Waals surface area contributed by atoms with Crippen LogP contribution in [0.1, 0.15) is 35.4 Å². The predicted octanol–water partition coefficient (Wildman–Crippen LogP) is 0.181. The summed E-state index contributed by atoms with van der Waals surface area (Å²) in [6, 6.07) is 3.83. The average Bonchev–Trinajstić information content (AvgIpc) is 3.37. The van der Waals surface area contributed by atoms with Crippen LogP contribution < -0.4 is 16.4 Å². The number of nitrogens with zero attached hydrogens (tertiary/aromatic N) is 3. The summed E-state index contributed by atoms with van der Waals surface area (Å²) >= 11 is 2.47. The zero-order valence-corrected chi connectivity index (χ0v) is 21.3. The lowest BCUT2D eigenvalue weighted by molar-refractivity contribution is -0.150. The van der Waals surface area contributed by atoms with Crippen molar-refractivity contribution >= 4 is 47.2 Å². The Morgan fingerprint density at radius 3 is 2.70 bits per heavy atom. The molecule has 1 saturated heterocycles. The van der Waals surface area contributed by atoms with Gasteiger partial charge in [0.05, 0.1) is 0 Å². The van der Waals surface area contributed by atoms with Crippen LogP contribution in [-0.4, -0.2) is 83.7 Å². The molecule has 1 aromatic carbocycles. The first kappa shape index (κ1) is 26.5. The van der Waals surface area contributed by atoms with Crippen LogP contribution in [0.2, 0.25) is 0 Å². The predicted molar refractivity (Wildman–Crippen MR) is 134 cm³/mol. The first-order valence-corrected chi connectivity index (χ1v) is 13.3. The Labute approximate surface area is 219 Å². The Hall–Kier alpha value is -3.56. The third-order valence-corrected chi connectivity index (χ3v) is 8.12. The molecule has 3 atom stereocenters. The number of carbonyl (C=O) groups is 4. The van der Waals surface area contributed by atoms with Crippen LogP contribution in [0.15, 0.2) is 40.6 Å². The summed E-state index contributed by atoms with van der Waals surface area (Å²) in [5, 5.41) is 34.6. The maximum atomic E-state index is 12.9. The number of carboxylic acid groups (broad SMARTS) is 1. The molecule has 2 aromatic rings.